The Morgan fingerprint density at radius 3 is 2.71 bits per heavy atom. The van der Waals surface area contributed by atoms with E-state index in [1.54, 1.807) is 0 Å². The number of pyridine rings is 1. The van der Waals surface area contributed by atoms with Crippen LogP contribution in [0.1, 0.15) is 12.6 Å². The van der Waals surface area contributed by atoms with Gasteiger partial charge in [0.05, 0.1) is 17.5 Å². The summed E-state index contributed by atoms with van der Waals surface area (Å²) in [5.74, 6) is 0.208. The van der Waals surface area contributed by atoms with Crippen LogP contribution in [0.25, 0.3) is 0 Å². The van der Waals surface area contributed by atoms with Crippen molar-refractivity contribution in [3.8, 4) is 0 Å². The molecule has 1 heterocycles. The van der Waals surface area contributed by atoms with Crippen LogP contribution >= 0.6 is 0 Å². The van der Waals surface area contributed by atoms with Gasteiger partial charge < -0.3 is 5.21 Å². The van der Waals surface area contributed by atoms with E-state index in [2.05, 4.69) is 5.32 Å². The standard InChI is InChI=1S/C8H11N3O3/c1-3-9-8-5-7(11(13)14)4-6(2)10(8)12/h4-5,9H,3H2,1-2H3. The molecular weight excluding hydrogens is 186 g/mol. The first-order valence-corrected chi connectivity index (χ1v) is 4.18. The van der Waals surface area contributed by atoms with Crippen LogP contribution in [0.4, 0.5) is 11.5 Å². The molecular formula is C8H11N3O3. The van der Waals surface area contributed by atoms with E-state index in [0.717, 1.165) is 0 Å². The lowest BCUT2D eigenvalue weighted by Gasteiger charge is -2.10. The lowest BCUT2D eigenvalue weighted by molar-refractivity contribution is -0.598. The van der Waals surface area contributed by atoms with Crippen molar-refractivity contribution < 1.29 is 9.65 Å². The molecule has 0 aliphatic rings. The molecule has 6 heteroatoms. The maximum absolute atomic E-state index is 11.4. The first-order valence-electron chi connectivity index (χ1n) is 4.18. The summed E-state index contributed by atoms with van der Waals surface area (Å²) in [6.07, 6.45) is 0. The summed E-state index contributed by atoms with van der Waals surface area (Å²) in [5.41, 5.74) is 0.223. The van der Waals surface area contributed by atoms with Gasteiger partial charge in [0.15, 0.2) is 0 Å². The largest absolute Gasteiger partial charge is 0.710 e. The number of hydrogen-bond donors (Lipinski definition) is 1. The maximum Gasteiger partial charge on any atom is 0.284 e. The SMILES string of the molecule is CCNc1cc([N+](=O)[O-])cc(C)[n+]1[O-]. The van der Waals surface area contributed by atoms with Crippen molar-refractivity contribution in [1.82, 2.24) is 0 Å². The van der Waals surface area contributed by atoms with Crippen molar-refractivity contribution in [1.29, 1.82) is 0 Å². The first-order chi connectivity index (χ1) is 6.56. The molecule has 1 rings (SSSR count). The molecule has 0 atom stereocenters. The second kappa shape index (κ2) is 3.91. The summed E-state index contributed by atoms with van der Waals surface area (Å²) in [6, 6.07) is 2.47. The summed E-state index contributed by atoms with van der Waals surface area (Å²) in [4.78, 5) is 9.97. The fraction of sp³-hybridized carbons (Fsp3) is 0.375. The highest BCUT2D eigenvalue weighted by Gasteiger charge is 2.14. The fourth-order valence-corrected chi connectivity index (χ4v) is 1.11. The Kier molecular flexibility index (Phi) is 2.85. The van der Waals surface area contributed by atoms with Gasteiger partial charge in [0.25, 0.3) is 11.5 Å². The molecule has 1 aromatic rings. The summed E-state index contributed by atoms with van der Waals surface area (Å²) in [5, 5.41) is 24.6. The predicted molar refractivity (Wildman–Crippen MR) is 51.0 cm³/mol. The Labute approximate surface area is 80.9 Å². The van der Waals surface area contributed by atoms with Crippen molar-refractivity contribution in [2.24, 2.45) is 0 Å². The van der Waals surface area contributed by atoms with Crippen LogP contribution in [0, 0.1) is 22.2 Å². The fourth-order valence-electron chi connectivity index (χ4n) is 1.11. The average Bonchev–Trinajstić information content (AvgIpc) is 2.12. The Balaban J connectivity index is 3.20. The number of rotatable bonds is 3. The number of anilines is 1. The number of aromatic nitrogens is 1. The van der Waals surface area contributed by atoms with Crippen LogP contribution in [0.15, 0.2) is 12.1 Å². The molecule has 0 amide bonds. The molecule has 0 aliphatic heterocycles. The Bertz CT molecular complexity index is 365. The Morgan fingerprint density at radius 2 is 2.21 bits per heavy atom. The molecule has 1 aromatic heterocycles. The summed E-state index contributed by atoms with van der Waals surface area (Å²) < 4.78 is 0.635. The second-order valence-corrected chi connectivity index (χ2v) is 2.82. The highest BCUT2D eigenvalue weighted by atomic mass is 16.6. The minimum Gasteiger partial charge on any atom is -0.710 e. The monoisotopic (exact) mass is 197 g/mol. The number of nitrogens with zero attached hydrogens (tertiary/aromatic N) is 2. The van der Waals surface area contributed by atoms with E-state index in [1.165, 1.54) is 19.1 Å². The van der Waals surface area contributed by atoms with Crippen LogP contribution in [0.5, 0.6) is 0 Å². The molecule has 76 valence electrons. The van der Waals surface area contributed by atoms with Gasteiger partial charge in [0.2, 0.25) is 0 Å². The zero-order valence-electron chi connectivity index (χ0n) is 7.98. The number of hydrogen-bond acceptors (Lipinski definition) is 4. The van der Waals surface area contributed by atoms with Crippen LogP contribution < -0.4 is 10.0 Å². The molecule has 6 nitrogen and oxygen atoms in total. The third kappa shape index (κ3) is 1.90. The molecule has 0 saturated heterocycles. The first kappa shape index (κ1) is 10.2. The number of nitro groups is 1. The molecule has 0 aliphatic carbocycles. The topological polar surface area (TPSA) is 82.1 Å². The Hall–Kier alpha value is -1.85. The number of nitrogens with one attached hydrogen (secondary N) is 1. The Morgan fingerprint density at radius 1 is 1.57 bits per heavy atom. The molecule has 0 aromatic carbocycles. The van der Waals surface area contributed by atoms with Crippen LogP contribution in [0.2, 0.25) is 0 Å². The summed E-state index contributed by atoms with van der Waals surface area (Å²) >= 11 is 0. The molecule has 1 N–H and O–H groups in total. The summed E-state index contributed by atoms with van der Waals surface area (Å²) in [6.45, 7) is 3.89. The van der Waals surface area contributed by atoms with E-state index in [0.29, 0.717) is 17.0 Å². The highest BCUT2D eigenvalue weighted by Crippen LogP contribution is 2.15. The molecule has 0 bridgehead atoms. The van der Waals surface area contributed by atoms with Crippen LogP contribution in [-0.2, 0) is 0 Å². The van der Waals surface area contributed by atoms with Gasteiger partial charge in [0.1, 0.15) is 11.8 Å². The molecule has 0 spiro atoms. The molecule has 0 fully saturated rings. The van der Waals surface area contributed by atoms with Gasteiger partial charge in [-0.25, -0.2) is 4.73 Å². The second-order valence-electron chi connectivity index (χ2n) is 2.82. The predicted octanol–water partition coefficient (Wildman–Crippen LogP) is 0.968. The van der Waals surface area contributed by atoms with Crippen molar-refractivity contribution in [2.75, 3.05) is 11.9 Å². The lowest BCUT2D eigenvalue weighted by Crippen LogP contribution is -2.34. The molecule has 0 unspecified atom stereocenters. The quantitative estimate of drug-likeness (QED) is 0.338. The van der Waals surface area contributed by atoms with E-state index in [9.17, 15) is 15.3 Å². The lowest BCUT2D eigenvalue weighted by atomic mass is 10.3. The van der Waals surface area contributed by atoms with Gasteiger partial charge in [0, 0.05) is 0 Å². The maximum atomic E-state index is 11.4. The van der Waals surface area contributed by atoms with Crippen molar-refractivity contribution in [3.63, 3.8) is 0 Å². The highest BCUT2D eigenvalue weighted by molar-refractivity contribution is 5.41. The molecule has 0 saturated carbocycles. The minimum atomic E-state index is -0.520. The van der Waals surface area contributed by atoms with Crippen molar-refractivity contribution >= 4 is 11.5 Å². The van der Waals surface area contributed by atoms with Gasteiger partial charge in [-0.1, -0.05) is 0 Å². The molecule has 0 radical (unpaired) electrons. The van der Waals surface area contributed by atoms with Gasteiger partial charge in [-0.15, -0.1) is 0 Å². The van der Waals surface area contributed by atoms with E-state index in [4.69, 9.17) is 0 Å². The van der Waals surface area contributed by atoms with E-state index in [-0.39, 0.29) is 11.5 Å². The zero-order valence-corrected chi connectivity index (χ0v) is 7.98. The molecule has 14 heavy (non-hydrogen) atoms. The van der Waals surface area contributed by atoms with Crippen molar-refractivity contribution in [3.05, 3.63) is 33.1 Å². The normalized spacial score (nSPS) is 9.86. The third-order valence-electron chi connectivity index (χ3n) is 1.75. The van der Waals surface area contributed by atoms with Gasteiger partial charge in [-0.3, -0.25) is 15.4 Å². The third-order valence-corrected chi connectivity index (χ3v) is 1.75. The average molecular weight is 197 g/mol. The van der Waals surface area contributed by atoms with Crippen LogP contribution in [-0.4, -0.2) is 11.5 Å². The van der Waals surface area contributed by atoms with E-state index in [1.807, 2.05) is 6.92 Å². The summed E-state index contributed by atoms with van der Waals surface area (Å²) in [7, 11) is 0. The van der Waals surface area contributed by atoms with Gasteiger partial charge >= 0.3 is 0 Å². The smallest absolute Gasteiger partial charge is 0.284 e. The van der Waals surface area contributed by atoms with Gasteiger partial charge in [-0.05, 0) is 13.8 Å². The van der Waals surface area contributed by atoms with Crippen molar-refractivity contribution in [2.45, 2.75) is 13.8 Å². The van der Waals surface area contributed by atoms with Gasteiger partial charge in [-0.2, -0.15) is 0 Å². The minimum absolute atomic E-state index is 0.0782. The van der Waals surface area contributed by atoms with E-state index >= 15 is 0 Å². The van der Waals surface area contributed by atoms with E-state index < -0.39 is 4.92 Å². The number of aryl methyl sites for hydroxylation is 1. The van der Waals surface area contributed by atoms with Crippen LogP contribution in [0.3, 0.4) is 0 Å². The zero-order chi connectivity index (χ0) is 10.7.